The maximum Gasteiger partial charge on any atom is -0.00256 e. The maximum absolute atomic E-state index is 2.25. The predicted molar refractivity (Wildman–Crippen MR) is 87.9 cm³/mol. The quantitative estimate of drug-likeness (QED) is 0.623. The Balaban J connectivity index is 0.000000741. The Morgan fingerprint density at radius 2 is 1.00 bits per heavy atom. The molecule has 0 fully saturated rings. The summed E-state index contributed by atoms with van der Waals surface area (Å²) >= 11 is 0. The Morgan fingerprint density at radius 1 is 0.632 bits per heavy atom. The summed E-state index contributed by atoms with van der Waals surface area (Å²) in [5.74, 6) is 0. The molecule has 0 bridgehead atoms. The van der Waals surface area contributed by atoms with Crippen LogP contribution in [0, 0.1) is 13.8 Å². The third-order valence-electron chi connectivity index (χ3n) is 2.57. The van der Waals surface area contributed by atoms with Crippen molar-refractivity contribution in [1.82, 2.24) is 0 Å². The SMILES string of the molecule is CC.CC.Cc1cccc(Cc2cccc(C)c2)c1. The summed E-state index contributed by atoms with van der Waals surface area (Å²) in [4.78, 5) is 0. The van der Waals surface area contributed by atoms with E-state index in [0.717, 1.165) is 6.42 Å². The zero-order valence-corrected chi connectivity index (χ0v) is 13.3. The van der Waals surface area contributed by atoms with Gasteiger partial charge in [-0.15, -0.1) is 0 Å². The van der Waals surface area contributed by atoms with E-state index in [4.69, 9.17) is 0 Å². The van der Waals surface area contributed by atoms with Crippen LogP contribution in [0.3, 0.4) is 0 Å². The van der Waals surface area contributed by atoms with Gasteiger partial charge in [0.25, 0.3) is 0 Å². The lowest BCUT2D eigenvalue weighted by molar-refractivity contribution is 1.17. The first-order valence-electron chi connectivity index (χ1n) is 7.35. The van der Waals surface area contributed by atoms with E-state index in [1.165, 1.54) is 22.3 Å². The van der Waals surface area contributed by atoms with Crippen molar-refractivity contribution in [2.75, 3.05) is 0 Å². The minimum atomic E-state index is 1.03. The molecule has 0 amide bonds. The van der Waals surface area contributed by atoms with E-state index in [-0.39, 0.29) is 0 Å². The molecule has 104 valence electrons. The highest BCUT2D eigenvalue weighted by Crippen LogP contribution is 2.12. The summed E-state index contributed by atoms with van der Waals surface area (Å²) in [7, 11) is 0. The molecule has 0 saturated carbocycles. The van der Waals surface area contributed by atoms with E-state index < -0.39 is 0 Å². The second kappa shape index (κ2) is 10.4. The second-order valence-corrected chi connectivity index (χ2v) is 4.15. The summed E-state index contributed by atoms with van der Waals surface area (Å²) in [5.41, 5.74) is 5.45. The zero-order chi connectivity index (χ0) is 14.7. The lowest BCUT2D eigenvalue weighted by Crippen LogP contribution is -1.89. The molecule has 0 aliphatic carbocycles. The van der Waals surface area contributed by atoms with Crippen LogP contribution in [0.4, 0.5) is 0 Å². The number of hydrogen-bond donors (Lipinski definition) is 0. The lowest BCUT2D eigenvalue weighted by atomic mass is 10.0. The standard InChI is InChI=1S/C15H16.2C2H6/c1-12-5-3-7-14(9-12)11-15-8-4-6-13(2)10-15;2*1-2/h3-10H,11H2,1-2H3;2*1-2H3. The van der Waals surface area contributed by atoms with Crippen LogP contribution in [0.1, 0.15) is 49.9 Å². The fourth-order valence-electron chi connectivity index (χ4n) is 1.88. The second-order valence-electron chi connectivity index (χ2n) is 4.15. The van der Waals surface area contributed by atoms with Crippen molar-refractivity contribution >= 4 is 0 Å². The van der Waals surface area contributed by atoms with Gasteiger partial charge in [-0.1, -0.05) is 87.4 Å². The minimum Gasteiger partial charge on any atom is -0.0683 e. The summed E-state index contributed by atoms with van der Waals surface area (Å²) in [6.45, 7) is 12.3. The molecule has 2 rings (SSSR count). The van der Waals surface area contributed by atoms with Crippen molar-refractivity contribution in [3.8, 4) is 0 Å². The molecule has 0 N–H and O–H groups in total. The molecule has 0 aromatic heterocycles. The normalized spacial score (nSPS) is 8.74. The number of rotatable bonds is 2. The van der Waals surface area contributed by atoms with Crippen LogP contribution in [0.25, 0.3) is 0 Å². The van der Waals surface area contributed by atoms with Crippen molar-refractivity contribution in [2.24, 2.45) is 0 Å². The van der Waals surface area contributed by atoms with Crippen LogP contribution in [-0.2, 0) is 6.42 Å². The zero-order valence-electron chi connectivity index (χ0n) is 13.3. The molecule has 0 atom stereocenters. The first-order chi connectivity index (χ1) is 9.24. The largest absolute Gasteiger partial charge is 0.0683 e. The van der Waals surface area contributed by atoms with E-state index in [1.807, 2.05) is 27.7 Å². The molecule has 0 unspecified atom stereocenters. The molecule has 0 heteroatoms. The van der Waals surface area contributed by atoms with E-state index in [0.29, 0.717) is 0 Å². The average Bonchev–Trinajstić information content (AvgIpc) is 2.43. The Morgan fingerprint density at radius 3 is 1.32 bits per heavy atom. The summed E-state index contributed by atoms with van der Waals surface area (Å²) in [5, 5.41) is 0. The fraction of sp³-hybridized carbons (Fsp3) is 0.368. The van der Waals surface area contributed by atoms with Gasteiger partial charge in [-0.25, -0.2) is 0 Å². The molecule has 19 heavy (non-hydrogen) atoms. The van der Waals surface area contributed by atoms with Crippen LogP contribution in [0.5, 0.6) is 0 Å². The van der Waals surface area contributed by atoms with E-state index in [2.05, 4.69) is 62.4 Å². The first kappa shape index (κ1) is 17.4. The van der Waals surface area contributed by atoms with Gasteiger partial charge < -0.3 is 0 Å². The smallest absolute Gasteiger partial charge is 0.00256 e. The Bertz CT molecular complexity index is 412. The van der Waals surface area contributed by atoms with Crippen molar-refractivity contribution < 1.29 is 0 Å². The summed E-state index contributed by atoms with van der Waals surface area (Å²) in [6, 6.07) is 17.4. The molecule has 0 aliphatic rings. The van der Waals surface area contributed by atoms with Crippen LogP contribution in [-0.4, -0.2) is 0 Å². The van der Waals surface area contributed by atoms with Crippen LogP contribution >= 0.6 is 0 Å². The molecule has 2 aromatic carbocycles. The van der Waals surface area contributed by atoms with Crippen LogP contribution in [0.15, 0.2) is 48.5 Å². The molecule has 0 spiro atoms. The maximum atomic E-state index is 2.25. The lowest BCUT2D eigenvalue weighted by Gasteiger charge is -2.03. The average molecular weight is 256 g/mol. The molecule has 0 saturated heterocycles. The Labute approximate surface area is 119 Å². The van der Waals surface area contributed by atoms with Gasteiger partial charge in [-0.3, -0.25) is 0 Å². The highest BCUT2D eigenvalue weighted by molar-refractivity contribution is 5.30. The minimum absolute atomic E-state index is 1.03. The molecule has 2 aromatic rings. The molecule has 0 nitrogen and oxygen atoms in total. The highest BCUT2D eigenvalue weighted by Gasteiger charge is 1.96. The van der Waals surface area contributed by atoms with Crippen molar-refractivity contribution in [3.05, 3.63) is 70.8 Å². The third kappa shape index (κ3) is 6.81. The third-order valence-corrected chi connectivity index (χ3v) is 2.57. The fourth-order valence-corrected chi connectivity index (χ4v) is 1.88. The Kier molecular flexibility index (Phi) is 9.52. The van der Waals surface area contributed by atoms with Crippen molar-refractivity contribution in [2.45, 2.75) is 48.0 Å². The van der Waals surface area contributed by atoms with E-state index in [1.54, 1.807) is 0 Å². The molecular weight excluding hydrogens is 228 g/mol. The van der Waals surface area contributed by atoms with Gasteiger partial charge >= 0.3 is 0 Å². The van der Waals surface area contributed by atoms with Gasteiger partial charge in [0.15, 0.2) is 0 Å². The predicted octanol–water partition coefficient (Wildman–Crippen LogP) is 5.95. The van der Waals surface area contributed by atoms with Crippen molar-refractivity contribution in [3.63, 3.8) is 0 Å². The van der Waals surface area contributed by atoms with Gasteiger partial charge in [0.2, 0.25) is 0 Å². The van der Waals surface area contributed by atoms with Crippen LogP contribution in [0.2, 0.25) is 0 Å². The highest BCUT2D eigenvalue weighted by atomic mass is 14.0. The van der Waals surface area contributed by atoms with Gasteiger partial charge in [-0.2, -0.15) is 0 Å². The number of hydrogen-bond acceptors (Lipinski definition) is 0. The molecule has 0 radical (unpaired) electrons. The van der Waals surface area contributed by atoms with Gasteiger partial charge in [0.1, 0.15) is 0 Å². The first-order valence-corrected chi connectivity index (χ1v) is 7.35. The van der Waals surface area contributed by atoms with E-state index in [9.17, 15) is 0 Å². The van der Waals surface area contributed by atoms with Gasteiger partial charge in [0.05, 0.1) is 0 Å². The summed E-state index contributed by atoms with van der Waals surface area (Å²) in [6.07, 6.45) is 1.03. The van der Waals surface area contributed by atoms with Gasteiger partial charge in [0, 0.05) is 0 Å². The molecule has 0 aliphatic heterocycles. The van der Waals surface area contributed by atoms with Crippen LogP contribution < -0.4 is 0 Å². The van der Waals surface area contributed by atoms with Gasteiger partial charge in [-0.05, 0) is 31.4 Å². The monoisotopic (exact) mass is 256 g/mol. The topological polar surface area (TPSA) is 0 Å². The van der Waals surface area contributed by atoms with Crippen molar-refractivity contribution in [1.29, 1.82) is 0 Å². The Hall–Kier alpha value is -1.56. The number of aryl methyl sites for hydroxylation is 2. The molecule has 0 heterocycles. The summed E-state index contributed by atoms with van der Waals surface area (Å²) < 4.78 is 0. The van der Waals surface area contributed by atoms with E-state index >= 15 is 0 Å². The number of benzene rings is 2. The molecular formula is C19H28.